The molecule has 0 aliphatic rings. The van der Waals surface area contributed by atoms with E-state index in [0.717, 1.165) is 26.5 Å². The Morgan fingerprint density at radius 3 is 2.29 bits per heavy atom. The molecule has 3 nitrogen and oxygen atoms in total. The molecule has 0 atom stereocenters. The van der Waals surface area contributed by atoms with E-state index in [2.05, 4.69) is 69.1 Å². The summed E-state index contributed by atoms with van der Waals surface area (Å²) in [5, 5.41) is 3.10. The van der Waals surface area contributed by atoms with Crippen molar-refractivity contribution in [2.24, 2.45) is 0 Å². The van der Waals surface area contributed by atoms with Crippen molar-refractivity contribution in [3.05, 3.63) is 39.1 Å². The maximum Gasteiger partial charge on any atom is 0.161 e. The molecule has 0 saturated carbocycles. The van der Waals surface area contributed by atoms with E-state index >= 15 is 0 Å². The first-order valence-electron chi connectivity index (χ1n) is 5.40. The number of hydrogen-bond donors (Lipinski definition) is 1. The predicted molar refractivity (Wildman–Crippen MR) is 79.2 cm³/mol. The van der Waals surface area contributed by atoms with Crippen LogP contribution in [0.3, 0.4) is 0 Å². The molecule has 0 aliphatic heterocycles. The molecule has 88 valence electrons. The summed E-state index contributed by atoms with van der Waals surface area (Å²) in [6.45, 7) is 4.07. The van der Waals surface area contributed by atoms with E-state index in [0.29, 0.717) is 0 Å². The summed E-state index contributed by atoms with van der Waals surface area (Å²) in [6, 6.07) is 8.25. The van der Waals surface area contributed by atoms with Gasteiger partial charge in [0.25, 0.3) is 0 Å². The minimum absolute atomic E-state index is 0.771. The van der Waals surface area contributed by atoms with Crippen LogP contribution < -0.4 is 5.32 Å². The van der Waals surface area contributed by atoms with E-state index < -0.39 is 0 Å². The lowest BCUT2D eigenvalue weighted by Crippen LogP contribution is -2.02. The van der Waals surface area contributed by atoms with Gasteiger partial charge in [-0.2, -0.15) is 0 Å². The van der Waals surface area contributed by atoms with E-state index in [-0.39, 0.29) is 0 Å². The van der Waals surface area contributed by atoms with Crippen LogP contribution in [-0.2, 0) is 0 Å². The zero-order valence-corrected chi connectivity index (χ0v) is 12.2. The van der Waals surface area contributed by atoms with Gasteiger partial charge in [-0.15, -0.1) is 0 Å². The molecule has 1 heterocycles. The molecule has 2 rings (SSSR count). The average molecular weight is 339 g/mol. The highest BCUT2D eigenvalue weighted by molar-refractivity contribution is 14.1. The standard InChI is InChI=1S/C13H14IN3/c1-8-4-6-10(7-5-8)12-16-9(2)11(14)13(15-3)17-12/h4-7H,1-3H3,(H,15,16,17). The van der Waals surface area contributed by atoms with Crippen LogP contribution in [0, 0.1) is 17.4 Å². The van der Waals surface area contributed by atoms with Gasteiger partial charge >= 0.3 is 0 Å². The smallest absolute Gasteiger partial charge is 0.161 e. The second kappa shape index (κ2) is 5.00. The van der Waals surface area contributed by atoms with Crippen LogP contribution in [0.5, 0.6) is 0 Å². The molecule has 1 aromatic heterocycles. The molecular formula is C13H14IN3. The van der Waals surface area contributed by atoms with E-state index in [1.807, 2.05) is 14.0 Å². The molecule has 0 aliphatic carbocycles. The molecule has 17 heavy (non-hydrogen) atoms. The average Bonchev–Trinajstić information content (AvgIpc) is 2.33. The molecule has 4 heteroatoms. The molecule has 0 spiro atoms. The van der Waals surface area contributed by atoms with Crippen molar-refractivity contribution in [2.45, 2.75) is 13.8 Å². The lowest BCUT2D eigenvalue weighted by Gasteiger charge is -2.08. The lowest BCUT2D eigenvalue weighted by atomic mass is 10.1. The molecule has 1 aromatic carbocycles. The Morgan fingerprint density at radius 2 is 1.71 bits per heavy atom. The Balaban J connectivity index is 2.52. The van der Waals surface area contributed by atoms with Gasteiger partial charge in [0.05, 0.1) is 9.26 Å². The maximum absolute atomic E-state index is 4.52. The fourth-order valence-corrected chi connectivity index (χ4v) is 2.07. The van der Waals surface area contributed by atoms with Gasteiger partial charge in [-0.25, -0.2) is 9.97 Å². The molecule has 2 aromatic rings. The van der Waals surface area contributed by atoms with Gasteiger partial charge < -0.3 is 5.32 Å². The van der Waals surface area contributed by atoms with Crippen LogP contribution in [0.15, 0.2) is 24.3 Å². The van der Waals surface area contributed by atoms with Crippen molar-refractivity contribution in [1.29, 1.82) is 0 Å². The molecule has 0 radical (unpaired) electrons. The van der Waals surface area contributed by atoms with Crippen LogP contribution in [0.1, 0.15) is 11.3 Å². The molecule has 0 saturated heterocycles. The van der Waals surface area contributed by atoms with E-state index in [4.69, 9.17) is 0 Å². The predicted octanol–water partition coefficient (Wildman–Crippen LogP) is 3.41. The monoisotopic (exact) mass is 339 g/mol. The van der Waals surface area contributed by atoms with Crippen molar-refractivity contribution >= 4 is 28.4 Å². The number of anilines is 1. The minimum atomic E-state index is 0.771. The van der Waals surface area contributed by atoms with Crippen LogP contribution >= 0.6 is 22.6 Å². The van der Waals surface area contributed by atoms with Crippen molar-refractivity contribution in [3.8, 4) is 11.4 Å². The van der Waals surface area contributed by atoms with Gasteiger partial charge in [0.1, 0.15) is 5.82 Å². The number of aryl methyl sites for hydroxylation is 2. The minimum Gasteiger partial charge on any atom is -0.372 e. The first-order chi connectivity index (χ1) is 8.11. The number of aromatic nitrogens is 2. The van der Waals surface area contributed by atoms with Crippen molar-refractivity contribution in [3.63, 3.8) is 0 Å². The summed E-state index contributed by atoms with van der Waals surface area (Å²) in [7, 11) is 1.88. The molecular weight excluding hydrogens is 325 g/mol. The quantitative estimate of drug-likeness (QED) is 0.852. The fraction of sp³-hybridized carbons (Fsp3) is 0.231. The summed E-state index contributed by atoms with van der Waals surface area (Å²) in [5.41, 5.74) is 3.29. The van der Waals surface area contributed by atoms with E-state index in [1.165, 1.54) is 5.56 Å². The topological polar surface area (TPSA) is 37.8 Å². The summed E-state index contributed by atoms with van der Waals surface area (Å²) in [4.78, 5) is 9.04. The number of halogens is 1. The fourth-order valence-electron chi connectivity index (χ4n) is 1.56. The first-order valence-corrected chi connectivity index (χ1v) is 6.48. The molecule has 0 amide bonds. The van der Waals surface area contributed by atoms with Gasteiger partial charge in [0.2, 0.25) is 0 Å². The van der Waals surface area contributed by atoms with Gasteiger partial charge in [0.15, 0.2) is 5.82 Å². The largest absolute Gasteiger partial charge is 0.372 e. The number of rotatable bonds is 2. The van der Waals surface area contributed by atoms with Crippen LogP contribution in [0.4, 0.5) is 5.82 Å². The normalized spacial score (nSPS) is 10.4. The van der Waals surface area contributed by atoms with Crippen LogP contribution in [0.2, 0.25) is 0 Å². The maximum atomic E-state index is 4.52. The zero-order valence-electron chi connectivity index (χ0n) is 10.1. The second-order valence-corrected chi connectivity index (χ2v) is 4.99. The SMILES string of the molecule is CNc1nc(-c2ccc(C)cc2)nc(C)c1I. The molecule has 0 bridgehead atoms. The van der Waals surface area contributed by atoms with Crippen molar-refractivity contribution < 1.29 is 0 Å². The summed E-state index contributed by atoms with van der Waals surface area (Å²) in [5.74, 6) is 1.65. The zero-order chi connectivity index (χ0) is 12.4. The molecule has 0 unspecified atom stereocenters. The van der Waals surface area contributed by atoms with Crippen molar-refractivity contribution in [1.82, 2.24) is 9.97 Å². The highest BCUT2D eigenvalue weighted by Crippen LogP contribution is 2.23. The lowest BCUT2D eigenvalue weighted by molar-refractivity contribution is 1.09. The van der Waals surface area contributed by atoms with Crippen LogP contribution in [-0.4, -0.2) is 17.0 Å². The highest BCUT2D eigenvalue weighted by Gasteiger charge is 2.09. The van der Waals surface area contributed by atoms with E-state index in [9.17, 15) is 0 Å². The third-order valence-corrected chi connectivity index (χ3v) is 3.85. The number of nitrogens with one attached hydrogen (secondary N) is 1. The van der Waals surface area contributed by atoms with Gasteiger partial charge in [-0.3, -0.25) is 0 Å². The highest BCUT2D eigenvalue weighted by atomic mass is 127. The number of hydrogen-bond acceptors (Lipinski definition) is 3. The van der Waals surface area contributed by atoms with Gasteiger partial charge in [0, 0.05) is 12.6 Å². The van der Waals surface area contributed by atoms with Gasteiger partial charge in [-0.1, -0.05) is 29.8 Å². The van der Waals surface area contributed by atoms with Crippen LogP contribution in [0.25, 0.3) is 11.4 Å². The summed E-state index contributed by atoms with van der Waals surface area (Å²) in [6.07, 6.45) is 0. The second-order valence-electron chi connectivity index (χ2n) is 3.91. The molecule has 1 N–H and O–H groups in total. The van der Waals surface area contributed by atoms with E-state index in [1.54, 1.807) is 0 Å². The summed E-state index contributed by atoms with van der Waals surface area (Å²) >= 11 is 2.26. The third-order valence-electron chi connectivity index (χ3n) is 2.56. The Labute approximate surface area is 115 Å². The van der Waals surface area contributed by atoms with Gasteiger partial charge in [-0.05, 0) is 36.4 Å². The molecule has 0 fully saturated rings. The Bertz CT molecular complexity index is 535. The Morgan fingerprint density at radius 1 is 1.06 bits per heavy atom. The Kier molecular flexibility index (Phi) is 3.61. The number of nitrogens with zero attached hydrogens (tertiary/aromatic N) is 2. The summed E-state index contributed by atoms with van der Waals surface area (Å²) < 4.78 is 1.07. The van der Waals surface area contributed by atoms with Crippen molar-refractivity contribution in [2.75, 3.05) is 12.4 Å². The third kappa shape index (κ3) is 2.57. The number of benzene rings is 1. The Hall–Kier alpha value is -1.17. The first kappa shape index (κ1) is 12.3.